The van der Waals surface area contributed by atoms with Crippen molar-refractivity contribution < 1.29 is 9.53 Å². The number of fused-ring (bicyclic) bond motifs is 1. The molecule has 2 aromatic carbocycles. The molecular weight excluding hydrogens is 523 g/mol. The van der Waals surface area contributed by atoms with Crippen LogP contribution in [-0.2, 0) is 15.1 Å². The summed E-state index contributed by atoms with van der Waals surface area (Å²) in [6.07, 6.45) is 4.93. The molecule has 10 heteroatoms. The fraction of sp³-hybridized carbons (Fsp3) is 0.286. The Morgan fingerprint density at radius 2 is 1.74 bits per heavy atom. The van der Waals surface area contributed by atoms with Crippen molar-refractivity contribution >= 4 is 47.8 Å². The molecule has 0 amide bonds. The van der Waals surface area contributed by atoms with Crippen molar-refractivity contribution in [2.75, 3.05) is 31.6 Å². The van der Waals surface area contributed by atoms with Crippen LogP contribution < -0.4 is 16.4 Å². The summed E-state index contributed by atoms with van der Waals surface area (Å²) in [6.45, 7) is 0.771. The monoisotopic (exact) mass is 554 g/mol. The minimum atomic E-state index is -0.385. The predicted octanol–water partition coefficient (Wildman–Crippen LogP) is 4.48. The van der Waals surface area contributed by atoms with E-state index in [9.17, 15) is 4.79 Å². The lowest BCUT2D eigenvalue weighted by Crippen LogP contribution is -2.43. The fourth-order valence-corrected chi connectivity index (χ4v) is 4.60. The third-order valence-corrected chi connectivity index (χ3v) is 6.85. The molecule has 1 saturated carbocycles. The van der Waals surface area contributed by atoms with Crippen molar-refractivity contribution in [3.63, 3.8) is 0 Å². The number of aromatic nitrogens is 3. The molecule has 0 unspecified atom stereocenters. The van der Waals surface area contributed by atoms with Gasteiger partial charge in [-0.3, -0.25) is 4.79 Å². The topological polar surface area (TPSA) is 120 Å². The zero-order chi connectivity index (χ0) is 25.1. The zero-order valence-corrected chi connectivity index (χ0v) is 22.8. The van der Waals surface area contributed by atoms with E-state index in [2.05, 4.69) is 47.4 Å². The Bertz CT molecular complexity index is 1380. The number of hydrogen-bond donors (Lipinski definition) is 2. The van der Waals surface area contributed by atoms with E-state index in [1.165, 1.54) is 13.5 Å². The van der Waals surface area contributed by atoms with Crippen LogP contribution in [0, 0.1) is 0 Å². The first-order valence-electron chi connectivity index (χ1n) is 12.2. The number of rotatable bonds is 8. The quantitative estimate of drug-likeness (QED) is 0.306. The number of pyridine rings is 1. The van der Waals surface area contributed by atoms with Gasteiger partial charge in [-0.25, -0.2) is 9.97 Å². The summed E-state index contributed by atoms with van der Waals surface area (Å²) in [5.41, 5.74) is 17.6. The van der Waals surface area contributed by atoms with Crippen molar-refractivity contribution in [1.29, 1.82) is 0 Å². The van der Waals surface area contributed by atoms with E-state index in [4.69, 9.17) is 26.2 Å². The van der Waals surface area contributed by atoms with Crippen LogP contribution in [0.4, 0.5) is 5.95 Å². The average molecular weight is 556 g/mol. The molecule has 1 aliphatic rings. The summed E-state index contributed by atoms with van der Waals surface area (Å²) < 4.78 is 4.82. The highest BCUT2D eigenvalue weighted by Crippen LogP contribution is 2.40. The average Bonchev–Trinajstić information content (AvgIpc) is 2.91. The molecule has 0 bridgehead atoms. The summed E-state index contributed by atoms with van der Waals surface area (Å²) in [4.78, 5) is 27.8. The third kappa shape index (κ3) is 5.89. The number of carbonyl (C=O) groups is 1. The smallest absolute Gasteiger partial charge is 0.325 e. The Kier molecular flexibility index (Phi) is 9.62. The molecule has 0 spiro atoms. The van der Waals surface area contributed by atoms with Gasteiger partial charge in [-0.1, -0.05) is 54.6 Å². The molecule has 0 atom stereocenters. The van der Waals surface area contributed by atoms with Gasteiger partial charge in [0, 0.05) is 41.3 Å². The Balaban J connectivity index is 0.00000200. The minimum absolute atomic E-state index is 0. The molecule has 8 nitrogen and oxygen atoms in total. The Morgan fingerprint density at radius 3 is 2.34 bits per heavy atom. The first kappa shape index (κ1) is 29.3. The number of methoxy groups -OCH3 is 1. The second-order valence-electron chi connectivity index (χ2n) is 9.21. The van der Waals surface area contributed by atoms with Crippen LogP contribution in [0.3, 0.4) is 0 Å². The summed E-state index contributed by atoms with van der Waals surface area (Å²) >= 11 is 0. The third-order valence-electron chi connectivity index (χ3n) is 6.85. The van der Waals surface area contributed by atoms with Crippen LogP contribution in [-0.4, -0.2) is 47.7 Å². The molecule has 200 valence electrons. The molecule has 0 saturated heterocycles. The second-order valence-corrected chi connectivity index (χ2v) is 9.21. The standard InChI is InChI=1S/C28H30N6O2.2ClH/c1-36-24(35)18-34(15-14-29)27-31-17-21-16-23(19-6-3-2-4-7-19)25(32-26(21)33-27)20-8-10-22(11-9-20)28(30)12-5-13-28;;/h2-4,6-11,16-17H,5,12-15,18,29-30H2,1H3;2*1H. The van der Waals surface area contributed by atoms with Crippen LogP contribution in [0.25, 0.3) is 33.4 Å². The zero-order valence-electron chi connectivity index (χ0n) is 21.2. The van der Waals surface area contributed by atoms with Gasteiger partial charge in [0.1, 0.15) is 6.54 Å². The maximum absolute atomic E-state index is 11.9. The molecule has 2 heterocycles. The van der Waals surface area contributed by atoms with E-state index < -0.39 is 0 Å². The van der Waals surface area contributed by atoms with Gasteiger partial charge in [0.05, 0.1) is 12.8 Å². The van der Waals surface area contributed by atoms with E-state index in [1.807, 2.05) is 18.2 Å². The van der Waals surface area contributed by atoms with Gasteiger partial charge in [-0.2, -0.15) is 4.98 Å². The molecule has 5 rings (SSSR count). The first-order chi connectivity index (χ1) is 17.5. The summed E-state index contributed by atoms with van der Waals surface area (Å²) in [7, 11) is 1.35. The number of nitrogens with two attached hydrogens (primary N) is 2. The molecule has 2 aromatic heterocycles. The van der Waals surface area contributed by atoms with Crippen LogP contribution in [0.2, 0.25) is 0 Å². The molecule has 1 aliphatic carbocycles. The molecule has 0 aliphatic heterocycles. The largest absolute Gasteiger partial charge is 0.468 e. The predicted molar refractivity (Wildman–Crippen MR) is 156 cm³/mol. The molecule has 4 N–H and O–H groups in total. The highest BCUT2D eigenvalue weighted by atomic mass is 35.5. The lowest BCUT2D eigenvalue weighted by Gasteiger charge is -2.38. The minimum Gasteiger partial charge on any atom is -0.468 e. The molecule has 1 fully saturated rings. The number of halogens is 2. The van der Waals surface area contributed by atoms with Crippen LogP contribution in [0.15, 0.2) is 66.9 Å². The number of esters is 1. The highest BCUT2D eigenvalue weighted by Gasteiger charge is 2.34. The van der Waals surface area contributed by atoms with Gasteiger partial charge in [-0.15, -0.1) is 24.8 Å². The molecular formula is C28H32Cl2N6O2. The highest BCUT2D eigenvalue weighted by molar-refractivity contribution is 5.90. The molecule has 4 aromatic rings. The number of nitrogens with zero attached hydrogens (tertiary/aromatic N) is 4. The summed E-state index contributed by atoms with van der Waals surface area (Å²) in [5.74, 6) is -0.000820. The van der Waals surface area contributed by atoms with Gasteiger partial charge in [-0.05, 0) is 36.5 Å². The number of carbonyl (C=O) groups excluding carboxylic acids is 1. The molecule has 38 heavy (non-hydrogen) atoms. The summed E-state index contributed by atoms with van der Waals surface area (Å²) in [6, 6.07) is 20.6. The maximum Gasteiger partial charge on any atom is 0.325 e. The van der Waals surface area contributed by atoms with E-state index >= 15 is 0 Å². The van der Waals surface area contributed by atoms with E-state index in [0.717, 1.165) is 46.2 Å². The van der Waals surface area contributed by atoms with Crippen LogP contribution >= 0.6 is 24.8 Å². The van der Waals surface area contributed by atoms with E-state index in [-0.39, 0.29) is 42.9 Å². The second kappa shape index (κ2) is 12.5. The van der Waals surface area contributed by atoms with Gasteiger partial charge < -0.3 is 21.1 Å². The first-order valence-corrected chi connectivity index (χ1v) is 12.2. The Morgan fingerprint density at radius 1 is 1.03 bits per heavy atom. The van der Waals surface area contributed by atoms with Crippen molar-refractivity contribution in [1.82, 2.24) is 15.0 Å². The number of ether oxygens (including phenoxy) is 1. The number of benzene rings is 2. The number of hydrogen-bond acceptors (Lipinski definition) is 8. The van der Waals surface area contributed by atoms with E-state index in [0.29, 0.717) is 24.7 Å². The van der Waals surface area contributed by atoms with Gasteiger partial charge >= 0.3 is 5.97 Å². The SMILES string of the molecule is COC(=O)CN(CCN)c1ncc2cc(-c3ccccc3)c(-c3ccc(C4(N)CCC4)cc3)nc2n1.Cl.Cl. The van der Waals surface area contributed by atoms with Crippen molar-refractivity contribution in [3.05, 3.63) is 72.4 Å². The van der Waals surface area contributed by atoms with Gasteiger partial charge in [0.25, 0.3) is 0 Å². The number of anilines is 1. The van der Waals surface area contributed by atoms with Crippen LogP contribution in [0.1, 0.15) is 24.8 Å². The fourth-order valence-electron chi connectivity index (χ4n) is 4.60. The van der Waals surface area contributed by atoms with Crippen molar-refractivity contribution in [2.24, 2.45) is 11.5 Å². The van der Waals surface area contributed by atoms with Crippen molar-refractivity contribution in [2.45, 2.75) is 24.8 Å². The van der Waals surface area contributed by atoms with Gasteiger partial charge in [0.15, 0.2) is 5.65 Å². The maximum atomic E-state index is 11.9. The van der Waals surface area contributed by atoms with E-state index in [1.54, 1.807) is 11.1 Å². The Labute approximate surface area is 234 Å². The Hall–Kier alpha value is -3.30. The normalized spacial score (nSPS) is 13.6. The molecule has 0 radical (unpaired) electrons. The van der Waals surface area contributed by atoms with Gasteiger partial charge in [0.2, 0.25) is 5.95 Å². The van der Waals surface area contributed by atoms with Crippen LogP contribution in [0.5, 0.6) is 0 Å². The lowest BCUT2D eigenvalue weighted by molar-refractivity contribution is -0.138. The lowest BCUT2D eigenvalue weighted by atomic mass is 9.72. The van der Waals surface area contributed by atoms with Crippen molar-refractivity contribution in [3.8, 4) is 22.4 Å². The summed E-state index contributed by atoms with van der Waals surface area (Å²) in [5, 5.41) is 0.805.